The number of hydrogen-bond donors (Lipinski definition) is 1. The maximum Gasteiger partial charge on any atom is 0.243 e. The molecule has 1 fully saturated rings. The lowest BCUT2D eigenvalue weighted by atomic mass is 9.94. The smallest absolute Gasteiger partial charge is 0.243 e. The fourth-order valence-corrected chi connectivity index (χ4v) is 6.60. The van der Waals surface area contributed by atoms with E-state index >= 15 is 0 Å². The van der Waals surface area contributed by atoms with E-state index in [1.54, 1.807) is 22.5 Å². The minimum Gasteiger partial charge on any atom is -0.326 e. The highest BCUT2D eigenvalue weighted by Crippen LogP contribution is 2.30. The summed E-state index contributed by atoms with van der Waals surface area (Å²) >= 11 is 0. The number of nitrogens with one attached hydrogen (secondary N) is 1. The van der Waals surface area contributed by atoms with Crippen molar-refractivity contribution in [2.75, 3.05) is 31.5 Å². The number of fused-ring (bicyclic) bond motifs is 2. The van der Waals surface area contributed by atoms with Crippen LogP contribution in [0.25, 0.3) is 0 Å². The topological polar surface area (TPSA) is 69.7 Å². The van der Waals surface area contributed by atoms with Crippen molar-refractivity contribution in [3.05, 3.63) is 59.2 Å². The van der Waals surface area contributed by atoms with Gasteiger partial charge in [-0.2, -0.15) is 4.31 Å². The molecule has 3 heterocycles. The fraction of sp³-hybridized carbons (Fsp3) is 0.458. The van der Waals surface area contributed by atoms with Gasteiger partial charge in [-0.1, -0.05) is 24.3 Å². The first-order valence-electron chi connectivity index (χ1n) is 11.2. The number of hydrogen-bond acceptors (Lipinski definition) is 4. The Morgan fingerprint density at radius 3 is 2.48 bits per heavy atom. The number of sulfonamides is 1. The number of amides is 1. The van der Waals surface area contributed by atoms with Gasteiger partial charge in [0.25, 0.3) is 0 Å². The second kappa shape index (κ2) is 8.37. The van der Waals surface area contributed by atoms with Gasteiger partial charge in [0.2, 0.25) is 15.9 Å². The van der Waals surface area contributed by atoms with Gasteiger partial charge in [0.15, 0.2) is 0 Å². The predicted octanol–water partition coefficient (Wildman–Crippen LogP) is 3.03. The van der Waals surface area contributed by atoms with Crippen LogP contribution in [0.2, 0.25) is 0 Å². The Bertz CT molecular complexity index is 1090. The molecule has 1 amide bonds. The number of aryl methyl sites for hydroxylation is 1. The lowest BCUT2D eigenvalue weighted by molar-refractivity contribution is -0.116. The van der Waals surface area contributed by atoms with E-state index in [1.165, 1.54) is 11.1 Å². The van der Waals surface area contributed by atoms with Crippen molar-refractivity contribution in [1.82, 2.24) is 9.21 Å². The van der Waals surface area contributed by atoms with Crippen molar-refractivity contribution < 1.29 is 13.2 Å². The second-order valence-electron chi connectivity index (χ2n) is 8.97. The number of anilines is 1. The van der Waals surface area contributed by atoms with Crippen LogP contribution in [0.15, 0.2) is 47.4 Å². The summed E-state index contributed by atoms with van der Waals surface area (Å²) in [5.74, 6) is 0.526. The van der Waals surface area contributed by atoms with Crippen LogP contribution in [0.5, 0.6) is 0 Å². The molecule has 6 nitrogen and oxygen atoms in total. The summed E-state index contributed by atoms with van der Waals surface area (Å²) in [7, 11) is -3.50. The average molecular weight is 440 g/mol. The highest BCUT2D eigenvalue weighted by atomic mass is 32.2. The fourth-order valence-electron chi connectivity index (χ4n) is 5.08. The molecule has 0 unspecified atom stereocenters. The lowest BCUT2D eigenvalue weighted by Gasteiger charge is -2.36. The van der Waals surface area contributed by atoms with E-state index < -0.39 is 10.0 Å². The second-order valence-corrected chi connectivity index (χ2v) is 10.9. The van der Waals surface area contributed by atoms with Gasteiger partial charge in [-0.3, -0.25) is 9.69 Å². The van der Waals surface area contributed by atoms with E-state index in [-0.39, 0.29) is 5.91 Å². The molecule has 0 aromatic heterocycles. The standard InChI is InChI=1S/C24H29N3O3S/c28-24-8-5-20-15-22(6-7-23(20)25-24)31(29,30)27-13-9-18(10-14-27)16-26-12-11-19-3-1-2-4-21(19)17-26/h1-4,6-7,15,18H,5,8-14,16-17H2,(H,25,28). The highest BCUT2D eigenvalue weighted by Gasteiger charge is 2.31. The zero-order valence-electron chi connectivity index (χ0n) is 17.7. The SMILES string of the molecule is O=C1CCc2cc(S(=O)(=O)N3CCC(CN4CCc5ccccc5C4)CC3)ccc2N1. The lowest BCUT2D eigenvalue weighted by Crippen LogP contribution is -2.42. The quantitative estimate of drug-likeness (QED) is 0.795. The van der Waals surface area contributed by atoms with E-state index in [9.17, 15) is 13.2 Å². The summed E-state index contributed by atoms with van der Waals surface area (Å²) in [6, 6.07) is 13.8. The molecule has 0 atom stereocenters. The third-order valence-corrected chi connectivity index (χ3v) is 8.80. The van der Waals surface area contributed by atoms with Crippen molar-refractivity contribution in [3.63, 3.8) is 0 Å². The molecule has 0 bridgehead atoms. The summed E-state index contributed by atoms with van der Waals surface area (Å²) in [5.41, 5.74) is 4.53. The third-order valence-electron chi connectivity index (χ3n) is 6.91. The first kappa shape index (κ1) is 20.7. The summed E-state index contributed by atoms with van der Waals surface area (Å²) in [6.45, 7) is 4.28. The Morgan fingerprint density at radius 2 is 1.68 bits per heavy atom. The molecule has 7 heteroatoms. The van der Waals surface area contributed by atoms with Gasteiger partial charge >= 0.3 is 0 Å². The van der Waals surface area contributed by atoms with Crippen LogP contribution in [0.3, 0.4) is 0 Å². The molecule has 3 aliphatic rings. The number of piperidine rings is 1. The average Bonchev–Trinajstić information content (AvgIpc) is 2.79. The van der Waals surface area contributed by atoms with E-state index in [4.69, 9.17) is 0 Å². The first-order chi connectivity index (χ1) is 15.0. The van der Waals surface area contributed by atoms with E-state index in [0.29, 0.717) is 36.7 Å². The number of carbonyl (C=O) groups is 1. The van der Waals surface area contributed by atoms with Crippen molar-refractivity contribution in [2.24, 2.45) is 5.92 Å². The minimum atomic E-state index is -3.50. The normalized spacial score (nSPS) is 20.7. The van der Waals surface area contributed by atoms with Crippen LogP contribution in [0, 0.1) is 5.92 Å². The van der Waals surface area contributed by atoms with Crippen LogP contribution in [0.1, 0.15) is 36.0 Å². The van der Waals surface area contributed by atoms with Crippen molar-refractivity contribution >= 4 is 21.6 Å². The van der Waals surface area contributed by atoms with Crippen molar-refractivity contribution in [1.29, 1.82) is 0 Å². The Labute approximate surface area is 184 Å². The Hall–Kier alpha value is -2.22. The summed E-state index contributed by atoms with van der Waals surface area (Å²) in [4.78, 5) is 14.4. The largest absolute Gasteiger partial charge is 0.326 e. The maximum absolute atomic E-state index is 13.2. The van der Waals surface area contributed by atoms with E-state index in [1.807, 2.05) is 0 Å². The van der Waals surface area contributed by atoms with Crippen molar-refractivity contribution in [3.8, 4) is 0 Å². The van der Waals surface area contributed by atoms with Gasteiger partial charge in [0.1, 0.15) is 0 Å². The molecule has 164 valence electrons. The Morgan fingerprint density at radius 1 is 0.903 bits per heavy atom. The molecule has 1 saturated heterocycles. The number of nitrogens with zero attached hydrogens (tertiary/aromatic N) is 2. The van der Waals surface area contributed by atoms with Gasteiger partial charge in [-0.05, 0) is 66.5 Å². The number of carbonyl (C=O) groups excluding carboxylic acids is 1. The summed E-state index contributed by atoms with van der Waals surface area (Å²) in [6.07, 6.45) is 3.90. The van der Waals surface area contributed by atoms with Crippen LogP contribution < -0.4 is 5.32 Å². The van der Waals surface area contributed by atoms with Gasteiger partial charge in [0.05, 0.1) is 4.90 Å². The Kier molecular flexibility index (Phi) is 5.58. The zero-order valence-corrected chi connectivity index (χ0v) is 18.5. The molecule has 31 heavy (non-hydrogen) atoms. The van der Waals surface area contributed by atoms with Crippen molar-refractivity contribution in [2.45, 2.75) is 43.5 Å². The molecule has 2 aromatic rings. The van der Waals surface area contributed by atoms with Crippen LogP contribution in [0.4, 0.5) is 5.69 Å². The maximum atomic E-state index is 13.2. The van der Waals surface area contributed by atoms with Crippen LogP contribution in [-0.4, -0.2) is 49.7 Å². The molecule has 0 spiro atoms. The van der Waals surface area contributed by atoms with Gasteiger partial charge in [-0.25, -0.2) is 8.42 Å². The zero-order chi connectivity index (χ0) is 21.4. The van der Waals surface area contributed by atoms with E-state index in [2.05, 4.69) is 34.5 Å². The molecule has 0 aliphatic carbocycles. The van der Waals surface area contributed by atoms with Gasteiger partial charge < -0.3 is 5.32 Å². The number of benzene rings is 2. The summed E-state index contributed by atoms with van der Waals surface area (Å²) in [5, 5.41) is 2.82. The van der Waals surface area contributed by atoms with Crippen LogP contribution in [-0.2, 0) is 34.2 Å². The molecular formula is C24H29N3O3S. The minimum absolute atomic E-state index is 0.0117. The Balaban J connectivity index is 1.20. The molecule has 5 rings (SSSR count). The monoisotopic (exact) mass is 439 g/mol. The predicted molar refractivity (Wildman–Crippen MR) is 120 cm³/mol. The third kappa shape index (κ3) is 4.27. The molecule has 3 aliphatic heterocycles. The number of rotatable bonds is 4. The highest BCUT2D eigenvalue weighted by molar-refractivity contribution is 7.89. The molecular weight excluding hydrogens is 410 g/mol. The molecule has 2 aromatic carbocycles. The van der Waals surface area contributed by atoms with Gasteiger partial charge in [-0.15, -0.1) is 0 Å². The van der Waals surface area contributed by atoms with Gasteiger partial charge in [0, 0.05) is 44.8 Å². The first-order valence-corrected chi connectivity index (χ1v) is 12.6. The van der Waals surface area contributed by atoms with E-state index in [0.717, 1.165) is 50.1 Å². The molecule has 0 radical (unpaired) electrons. The van der Waals surface area contributed by atoms with Crippen LogP contribution >= 0.6 is 0 Å². The summed E-state index contributed by atoms with van der Waals surface area (Å²) < 4.78 is 28.0. The molecule has 1 N–H and O–H groups in total. The molecule has 0 saturated carbocycles.